The predicted octanol–water partition coefficient (Wildman–Crippen LogP) is 5.29. The zero-order chi connectivity index (χ0) is 28.5. The number of anilines is 2. The maximum atomic E-state index is 11.1. The lowest BCUT2D eigenvalue weighted by Gasteiger charge is -2.31. The van der Waals surface area contributed by atoms with Gasteiger partial charge in [0, 0.05) is 35.9 Å². The number of hydrogen-bond acceptors (Lipinski definition) is 7. The van der Waals surface area contributed by atoms with Crippen LogP contribution in [0.15, 0.2) is 54.2 Å². The Bertz CT molecular complexity index is 1540. The Labute approximate surface area is 245 Å². The summed E-state index contributed by atoms with van der Waals surface area (Å²) in [5.74, 6) is 0.438. The molecule has 212 valence electrons. The Morgan fingerprint density at radius 1 is 1.07 bits per heavy atom. The van der Waals surface area contributed by atoms with Crippen molar-refractivity contribution >= 4 is 40.5 Å². The summed E-state index contributed by atoms with van der Waals surface area (Å²) in [5.41, 5.74) is 21.5. The molecule has 5 N–H and O–H groups in total. The second kappa shape index (κ2) is 11.6. The van der Waals surface area contributed by atoms with E-state index in [-0.39, 0.29) is 11.9 Å². The number of fused-ring (bicyclic) bond motifs is 2. The van der Waals surface area contributed by atoms with Gasteiger partial charge in [-0.25, -0.2) is 4.98 Å². The number of nitrogens with two attached hydrogens (primary N) is 2. The third-order valence-corrected chi connectivity index (χ3v) is 8.89. The number of aryl methyl sites for hydroxylation is 2. The van der Waals surface area contributed by atoms with Crippen LogP contribution in [0.5, 0.6) is 0 Å². The molecule has 1 aliphatic heterocycles. The topological polar surface area (TPSA) is 131 Å². The average molecular weight is 571 g/mol. The van der Waals surface area contributed by atoms with Crippen LogP contribution in [0.25, 0.3) is 11.1 Å². The Morgan fingerprint density at radius 2 is 1.88 bits per heavy atom. The van der Waals surface area contributed by atoms with E-state index in [1.54, 1.807) is 0 Å². The number of nitrogens with zero attached hydrogens (tertiary/aromatic N) is 4. The molecule has 3 aliphatic rings. The number of benzene rings is 1. The van der Waals surface area contributed by atoms with Crippen LogP contribution >= 0.6 is 11.6 Å². The molecule has 0 spiro atoms. The summed E-state index contributed by atoms with van der Waals surface area (Å²) in [7, 11) is 0. The van der Waals surface area contributed by atoms with E-state index in [0.29, 0.717) is 6.42 Å². The van der Waals surface area contributed by atoms with Crippen molar-refractivity contribution in [3.05, 3.63) is 87.3 Å². The first-order chi connectivity index (χ1) is 19.9. The Kier molecular flexibility index (Phi) is 7.77. The Hall–Kier alpha value is -3.75. The number of nitrogen functional groups attached to an aromatic ring is 1. The lowest BCUT2D eigenvalue weighted by Crippen LogP contribution is -2.32. The fourth-order valence-corrected chi connectivity index (χ4v) is 6.66. The van der Waals surface area contributed by atoms with Crippen LogP contribution in [-0.4, -0.2) is 45.2 Å². The van der Waals surface area contributed by atoms with Crippen molar-refractivity contribution in [3.8, 4) is 0 Å². The number of carboxylic acid groups (broad SMARTS) is 1. The fourth-order valence-electron chi connectivity index (χ4n) is 6.46. The molecular weight excluding hydrogens is 536 g/mol. The average Bonchev–Trinajstić information content (AvgIpc) is 3.14. The maximum Gasteiger partial charge on any atom is 0.320 e. The number of pyridine rings is 1. The van der Waals surface area contributed by atoms with Gasteiger partial charge in [-0.2, -0.15) is 4.98 Å². The van der Waals surface area contributed by atoms with Gasteiger partial charge in [0.25, 0.3) is 0 Å². The van der Waals surface area contributed by atoms with Gasteiger partial charge in [0.05, 0.1) is 11.4 Å². The molecular formula is C32H35ClN6O2. The minimum Gasteiger partial charge on any atom is -0.480 e. The van der Waals surface area contributed by atoms with Gasteiger partial charge < -0.3 is 21.5 Å². The molecule has 2 unspecified atom stereocenters. The first kappa shape index (κ1) is 27.4. The number of carboxylic acids is 1. The summed E-state index contributed by atoms with van der Waals surface area (Å²) in [6, 6.07) is 11.7. The number of aromatic nitrogens is 3. The number of carbonyl (C=O) groups is 1. The van der Waals surface area contributed by atoms with Crippen molar-refractivity contribution in [2.45, 2.75) is 57.4 Å². The van der Waals surface area contributed by atoms with Gasteiger partial charge in [-0.1, -0.05) is 35.4 Å². The van der Waals surface area contributed by atoms with Crippen molar-refractivity contribution in [1.82, 2.24) is 15.0 Å². The minimum atomic E-state index is -0.943. The van der Waals surface area contributed by atoms with E-state index in [1.807, 2.05) is 24.4 Å². The largest absolute Gasteiger partial charge is 0.480 e. The predicted molar refractivity (Wildman–Crippen MR) is 163 cm³/mol. The van der Waals surface area contributed by atoms with Crippen LogP contribution in [0, 0.1) is 5.92 Å². The van der Waals surface area contributed by atoms with E-state index >= 15 is 0 Å². The molecule has 2 atom stereocenters. The lowest BCUT2D eigenvalue weighted by atomic mass is 9.84. The van der Waals surface area contributed by atoms with E-state index in [2.05, 4.69) is 39.1 Å². The number of piperidine rings is 1. The fraction of sp³-hybridized carbons (Fsp3) is 0.375. The number of allylic oxidation sites excluding steroid dienone is 2. The van der Waals surface area contributed by atoms with E-state index in [0.717, 1.165) is 85.8 Å². The van der Waals surface area contributed by atoms with Crippen LogP contribution in [-0.2, 0) is 17.6 Å². The summed E-state index contributed by atoms with van der Waals surface area (Å²) in [6.07, 6.45) is 10.7. The van der Waals surface area contributed by atoms with E-state index in [9.17, 15) is 4.79 Å². The van der Waals surface area contributed by atoms with E-state index in [4.69, 9.17) is 33.2 Å². The highest BCUT2D eigenvalue weighted by atomic mass is 35.5. The van der Waals surface area contributed by atoms with Crippen molar-refractivity contribution in [3.63, 3.8) is 0 Å². The number of aliphatic carboxylic acids is 1. The van der Waals surface area contributed by atoms with Gasteiger partial charge in [0.15, 0.2) is 0 Å². The van der Waals surface area contributed by atoms with Gasteiger partial charge in [-0.3, -0.25) is 9.78 Å². The molecule has 0 radical (unpaired) electrons. The SMILES string of the molecule is Nc1nc(C2=CCC(CC(N)C(=O)O)CC2)cc(N2CCC(=C3c4ccc(Cl)cc4CCc4cccnc43)CC2)n1. The second-order valence-corrected chi connectivity index (χ2v) is 11.7. The van der Waals surface area contributed by atoms with Crippen molar-refractivity contribution < 1.29 is 9.90 Å². The van der Waals surface area contributed by atoms with Crippen LogP contribution < -0.4 is 16.4 Å². The molecule has 1 fully saturated rings. The van der Waals surface area contributed by atoms with Crippen LogP contribution in [0.3, 0.4) is 0 Å². The third kappa shape index (κ3) is 5.85. The summed E-state index contributed by atoms with van der Waals surface area (Å²) in [6.45, 7) is 1.65. The zero-order valence-corrected chi connectivity index (χ0v) is 23.8. The highest BCUT2D eigenvalue weighted by molar-refractivity contribution is 6.30. The van der Waals surface area contributed by atoms with Gasteiger partial charge >= 0.3 is 5.97 Å². The molecule has 8 nitrogen and oxygen atoms in total. The summed E-state index contributed by atoms with van der Waals surface area (Å²) in [5, 5.41) is 9.91. The van der Waals surface area contributed by atoms with Crippen LogP contribution in [0.4, 0.5) is 11.8 Å². The lowest BCUT2D eigenvalue weighted by molar-refractivity contribution is -0.139. The minimum absolute atomic E-state index is 0.266. The standard InChI is InChI=1S/C32H35ClN6O2/c33-24-9-10-25-23(17-24)8-7-22-2-1-13-36-30(22)29(25)21-11-14-39(15-12-21)28-18-27(37-32(35)38-28)20-5-3-19(4-6-20)16-26(34)31(40)41/h1-2,5,9-10,13,17-19,26H,3-4,6-8,11-12,14-16,34H2,(H,40,41)(H2,35,37,38). The maximum absolute atomic E-state index is 11.1. The second-order valence-electron chi connectivity index (χ2n) is 11.3. The summed E-state index contributed by atoms with van der Waals surface area (Å²) >= 11 is 6.39. The van der Waals surface area contributed by atoms with Crippen molar-refractivity contribution in [1.29, 1.82) is 0 Å². The third-order valence-electron chi connectivity index (χ3n) is 8.66. The summed E-state index contributed by atoms with van der Waals surface area (Å²) in [4.78, 5) is 27.4. The van der Waals surface area contributed by atoms with E-state index < -0.39 is 12.0 Å². The van der Waals surface area contributed by atoms with Gasteiger partial charge in [-0.05, 0) is 97.7 Å². The highest BCUT2D eigenvalue weighted by Gasteiger charge is 2.27. The monoisotopic (exact) mass is 570 g/mol. The van der Waals surface area contributed by atoms with Gasteiger partial charge in [0.2, 0.25) is 5.95 Å². The molecule has 0 saturated carbocycles. The number of hydrogen-bond donors (Lipinski definition) is 3. The molecule has 1 aromatic carbocycles. The van der Waals surface area contributed by atoms with Crippen LogP contribution in [0.1, 0.15) is 66.6 Å². The molecule has 2 aromatic heterocycles. The normalized spacial score (nSPS) is 19.6. The Balaban J connectivity index is 1.23. The molecule has 0 amide bonds. The molecule has 3 aromatic rings. The Morgan fingerprint density at radius 3 is 2.63 bits per heavy atom. The van der Waals surface area contributed by atoms with E-state index in [1.165, 1.54) is 27.8 Å². The highest BCUT2D eigenvalue weighted by Crippen LogP contribution is 2.39. The zero-order valence-electron chi connectivity index (χ0n) is 23.0. The molecule has 6 rings (SSSR count). The molecule has 3 heterocycles. The molecule has 41 heavy (non-hydrogen) atoms. The van der Waals surface area contributed by atoms with Gasteiger partial charge in [0.1, 0.15) is 11.9 Å². The molecule has 1 saturated heterocycles. The molecule has 9 heteroatoms. The van der Waals surface area contributed by atoms with Gasteiger partial charge in [-0.15, -0.1) is 0 Å². The quantitative estimate of drug-likeness (QED) is 0.377. The van der Waals surface area contributed by atoms with Crippen molar-refractivity contribution in [2.75, 3.05) is 23.7 Å². The number of rotatable bonds is 5. The smallest absolute Gasteiger partial charge is 0.320 e. The molecule has 0 bridgehead atoms. The molecule has 2 aliphatic carbocycles. The number of halogens is 1. The van der Waals surface area contributed by atoms with Crippen LogP contribution in [0.2, 0.25) is 5.02 Å². The van der Waals surface area contributed by atoms with Crippen molar-refractivity contribution in [2.24, 2.45) is 11.7 Å². The first-order valence-electron chi connectivity index (χ1n) is 14.4. The first-order valence-corrected chi connectivity index (χ1v) is 14.8. The summed E-state index contributed by atoms with van der Waals surface area (Å²) < 4.78 is 0.